The van der Waals surface area contributed by atoms with Gasteiger partial charge in [0, 0.05) is 7.05 Å². The van der Waals surface area contributed by atoms with Gasteiger partial charge in [-0.25, -0.2) is 14.4 Å². The van der Waals surface area contributed by atoms with Crippen molar-refractivity contribution in [3.8, 4) is 11.1 Å². The second-order valence-corrected chi connectivity index (χ2v) is 7.43. The first-order valence-electron chi connectivity index (χ1n) is 8.92. The molecule has 32 heavy (non-hydrogen) atoms. The van der Waals surface area contributed by atoms with Crippen LogP contribution in [0.5, 0.6) is 0 Å². The van der Waals surface area contributed by atoms with E-state index < -0.39 is 51.8 Å². The van der Waals surface area contributed by atoms with Crippen molar-refractivity contribution in [3.05, 3.63) is 68.0 Å². The van der Waals surface area contributed by atoms with Crippen molar-refractivity contribution in [1.29, 1.82) is 0 Å². The molecule has 0 fully saturated rings. The summed E-state index contributed by atoms with van der Waals surface area (Å²) >= 11 is 6.00. The molecule has 0 bridgehead atoms. The van der Waals surface area contributed by atoms with E-state index in [1.807, 2.05) is 0 Å². The van der Waals surface area contributed by atoms with Gasteiger partial charge in [-0.2, -0.15) is 13.2 Å². The number of carbonyl (C=O) groups is 2. The highest BCUT2D eigenvalue weighted by Crippen LogP contribution is 2.35. The molecule has 0 saturated heterocycles. The lowest BCUT2D eigenvalue weighted by atomic mass is 10.0. The number of carbonyl (C=O) groups excluding carboxylic acids is 2. The first kappa shape index (κ1) is 24.9. The van der Waals surface area contributed by atoms with Gasteiger partial charge >= 0.3 is 23.8 Å². The van der Waals surface area contributed by atoms with Gasteiger partial charge in [0.15, 0.2) is 0 Å². The van der Waals surface area contributed by atoms with E-state index in [0.717, 1.165) is 25.2 Å². The predicted octanol–water partition coefficient (Wildman–Crippen LogP) is 3.08. The van der Waals surface area contributed by atoms with Crippen LogP contribution in [0.3, 0.4) is 0 Å². The van der Waals surface area contributed by atoms with Gasteiger partial charge in [0.2, 0.25) is 5.60 Å². The fourth-order valence-electron chi connectivity index (χ4n) is 2.69. The number of esters is 2. The minimum atomic E-state index is -5.06. The minimum Gasteiger partial charge on any atom is -0.459 e. The molecular formula is C20H18ClF3N2O6. The molecule has 0 spiro atoms. The lowest BCUT2D eigenvalue weighted by Gasteiger charge is -2.23. The van der Waals surface area contributed by atoms with Crippen LogP contribution in [0.15, 0.2) is 40.4 Å². The molecule has 12 heteroatoms. The number of H-pyrrole nitrogens is 1. The van der Waals surface area contributed by atoms with Crippen LogP contribution in [0.1, 0.15) is 29.9 Å². The highest BCUT2D eigenvalue weighted by atomic mass is 35.5. The third-order valence-corrected chi connectivity index (χ3v) is 4.57. The van der Waals surface area contributed by atoms with E-state index in [-0.39, 0.29) is 21.8 Å². The highest BCUT2D eigenvalue weighted by Gasteiger charge is 2.39. The van der Waals surface area contributed by atoms with E-state index in [4.69, 9.17) is 21.1 Å². The average Bonchev–Trinajstić information content (AvgIpc) is 2.67. The Morgan fingerprint density at radius 2 is 1.88 bits per heavy atom. The van der Waals surface area contributed by atoms with Crippen LogP contribution in [0, 0.1) is 0 Å². The summed E-state index contributed by atoms with van der Waals surface area (Å²) in [6.07, 6.45) is -3.76. The van der Waals surface area contributed by atoms with Crippen LogP contribution >= 0.6 is 11.6 Å². The normalized spacial score (nSPS) is 11.7. The van der Waals surface area contributed by atoms with Crippen molar-refractivity contribution in [2.45, 2.75) is 25.6 Å². The van der Waals surface area contributed by atoms with Crippen LogP contribution in [0.4, 0.5) is 13.2 Å². The second kappa shape index (κ2) is 9.03. The molecule has 0 aliphatic carbocycles. The highest BCUT2D eigenvalue weighted by molar-refractivity contribution is 6.33. The summed E-state index contributed by atoms with van der Waals surface area (Å²) in [7, 11) is 0.840. The van der Waals surface area contributed by atoms with Crippen LogP contribution in [0.25, 0.3) is 11.1 Å². The summed E-state index contributed by atoms with van der Waals surface area (Å²) in [5, 5.41) is -0.205. The zero-order valence-electron chi connectivity index (χ0n) is 17.1. The molecule has 172 valence electrons. The molecule has 0 aliphatic rings. The number of hydrogen-bond donors (Lipinski definition) is 1. The molecule has 0 atom stereocenters. The number of nitrogens with zero attached hydrogens (tertiary/aromatic N) is 1. The smallest absolute Gasteiger partial charge is 0.432 e. The van der Waals surface area contributed by atoms with Gasteiger partial charge < -0.3 is 9.47 Å². The monoisotopic (exact) mass is 474 g/mol. The van der Waals surface area contributed by atoms with Gasteiger partial charge in [-0.3, -0.25) is 14.3 Å². The number of benzene rings is 1. The van der Waals surface area contributed by atoms with E-state index >= 15 is 0 Å². The Bertz CT molecular complexity index is 1200. The van der Waals surface area contributed by atoms with Crippen molar-refractivity contribution in [2.24, 2.45) is 7.05 Å². The predicted molar refractivity (Wildman–Crippen MR) is 108 cm³/mol. The molecule has 2 rings (SSSR count). The van der Waals surface area contributed by atoms with Crippen LogP contribution < -0.4 is 11.2 Å². The van der Waals surface area contributed by atoms with Gasteiger partial charge in [0.1, 0.15) is 12.3 Å². The Balaban J connectivity index is 2.58. The van der Waals surface area contributed by atoms with E-state index in [0.29, 0.717) is 0 Å². The molecule has 0 saturated carbocycles. The Morgan fingerprint density at radius 3 is 2.44 bits per heavy atom. The molecule has 0 aliphatic heterocycles. The number of alkyl halides is 3. The molecule has 8 nitrogen and oxygen atoms in total. The Kier molecular flexibility index (Phi) is 7.03. The van der Waals surface area contributed by atoms with Crippen LogP contribution in [0.2, 0.25) is 5.02 Å². The lowest BCUT2D eigenvalue weighted by Crippen LogP contribution is -2.39. The fraction of sp³-hybridized carbons (Fsp3) is 0.300. The molecule has 0 unspecified atom stereocenters. The third-order valence-electron chi connectivity index (χ3n) is 4.24. The second-order valence-electron chi connectivity index (χ2n) is 7.02. The minimum absolute atomic E-state index is 0.133. The van der Waals surface area contributed by atoms with E-state index in [9.17, 15) is 32.3 Å². The number of aromatic amines is 1. The van der Waals surface area contributed by atoms with Crippen molar-refractivity contribution >= 4 is 23.5 Å². The van der Waals surface area contributed by atoms with Crippen LogP contribution in [-0.4, -0.2) is 33.7 Å². The summed E-state index contributed by atoms with van der Waals surface area (Å²) in [6, 6.07) is 3.06. The summed E-state index contributed by atoms with van der Waals surface area (Å²) in [5.74, 6) is -2.04. The maximum atomic E-state index is 13.6. The average molecular weight is 475 g/mol. The third kappa shape index (κ3) is 5.10. The van der Waals surface area contributed by atoms with Crippen molar-refractivity contribution in [2.75, 3.05) is 6.61 Å². The lowest BCUT2D eigenvalue weighted by molar-refractivity contribution is -0.161. The van der Waals surface area contributed by atoms with Gasteiger partial charge in [-0.1, -0.05) is 30.3 Å². The molecule has 0 amide bonds. The van der Waals surface area contributed by atoms with E-state index in [2.05, 4.69) is 6.58 Å². The molecule has 0 radical (unpaired) electrons. The quantitative estimate of drug-likeness (QED) is 0.509. The van der Waals surface area contributed by atoms with Crippen molar-refractivity contribution in [1.82, 2.24) is 9.55 Å². The number of halogens is 4. The van der Waals surface area contributed by atoms with Crippen LogP contribution in [-0.2, 0) is 27.5 Å². The van der Waals surface area contributed by atoms with Gasteiger partial charge in [-0.05, 0) is 31.5 Å². The number of ether oxygens (including phenoxy) is 2. The Hall–Kier alpha value is -3.34. The summed E-state index contributed by atoms with van der Waals surface area (Å²) in [5.41, 5.74) is -7.50. The molecular weight excluding hydrogens is 457 g/mol. The summed E-state index contributed by atoms with van der Waals surface area (Å²) in [6.45, 7) is 5.74. The maximum absolute atomic E-state index is 13.6. The van der Waals surface area contributed by atoms with Crippen molar-refractivity contribution < 1.29 is 32.2 Å². The molecule has 1 aromatic carbocycles. The summed E-state index contributed by atoms with van der Waals surface area (Å²) < 4.78 is 51.1. The van der Waals surface area contributed by atoms with Gasteiger partial charge in [0.25, 0.3) is 5.56 Å². The van der Waals surface area contributed by atoms with Gasteiger partial charge in [-0.15, -0.1) is 0 Å². The molecule has 1 N–H and O–H groups in total. The topological polar surface area (TPSA) is 107 Å². The molecule has 1 heterocycles. The van der Waals surface area contributed by atoms with Gasteiger partial charge in [0.05, 0.1) is 16.1 Å². The first-order valence-corrected chi connectivity index (χ1v) is 9.30. The number of aromatic nitrogens is 2. The number of nitrogens with one attached hydrogen (secondary N) is 1. The standard InChI is InChI=1S/C20H18ClF3N2O6/c1-5-8-31-17(29)19(2,3)32-16(28)11-9-10(6-7-12(11)21)13-14(20(22,23)24)26(4)18(30)25-15(13)27/h5-7,9H,1,8H2,2-4H3,(H,25,27,30). The Morgan fingerprint density at radius 1 is 1.25 bits per heavy atom. The fourth-order valence-corrected chi connectivity index (χ4v) is 2.89. The molecule has 1 aromatic heterocycles. The Labute approximate surface area is 184 Å². The SMILES string of the molecule is C=CCOC(=O)C(C)(C)OC(=O)c1cc(-c2c(C(F)(F)F)n(C)c(=O)[nH]c2=O)ccc1Cl. The summed E-state index contributed by atoms with van der Waals surface area (Å²) in [4.78, 5) is 50.4. The van der Waals surface area contributed by atoms with Crippen molar-refractivity contribution in [3.63, 3.8) is 0 Å². The zero-order valence-corrected chi connectivity index (χ0v) is 17.9. The largest absolute Gasteiger partial charge is 0.459 e. The first-order chi connectivity index (χ1) is 14.7. The molecule has 2 aromatic rings. The number of hydrogen-bond acceptors (Lipinski definition) is 6. The zero-order chi connectivity index (χ0) is 24.4. The van der Waals surface area contributed by atoms with E-state index in [1.165, 1.54) is 19.9 Å². The maximum Gasteiger partial charge on any atom is 0.432 e. The van der Waals surface area contributed by atoms with E-state index in [1.54, 1.807) is 4.98 Å². The number of rotatable bonds is 6.